The van der Waals surface area contributed by atoms with Gasteiger partial charge in [-0.25, -0.2) is 0 Å². The van der Waals surface area contributed by atoms with Gasteiger partial charge in [0, 0.05) is 0 Å². The predicted octanol–water partition coefficient (Wildman–Crippen LogP) is -0.456. The molecule has 54 valence electrons. The predicted molar refractivity (Wildman–Crippen MR) is 35.2 cm³/mol. The Labute approximate surface area is 55.1 Å². The summed E-state index contributed by atoms with van der Waals surface area (Å²) in [5.74, 6) is -0.0347. The lowest BCUT2D eigenvalue weighted by Crippen LogP contribution is -2.41. The van der Waals surface area contributed by atoms with E-state index in [2.05, 4.69) is 5.32 Å². The Kier molecular flexibility index (Phi) is 3.42. The van der Waals surface area contributed by atoms with Crippen molar-refractivity contribution in [3.63, 3.8) is 0 Å². The molecule has 2 atom stereocenters. The summed E-state index contributed by atoms with van der Waals surface area (Å²) in [6.07, 6.45) is -0.604. The van der Waals surface area contributed by atoms with Crippen molar-refractivity contribution >= 4 is 5.78 Å². The minimum absolute atomic E-state index is 0.0347. The van der Waals surface area contributed by atoms with Gasteiger partial charge in [-0.2, -0.15) is 0 Å². The highest BCUT2D eigenvalue weighted by molar-refractivity contribution is 5.81. The van der Waals surface area contributed by atoms with Crippen LogP contribution < -0.4 is 5.32 Å². The molecule has 3 nitrogen and oxygen atoms in total. The topological polar surface area (TPSA) is 49.3 Å². The number of carbonyl (C=O) groups excluding carboxylic acids is 1. The summed E-state index contributed by atoms with van der Waals surface area (Å²) in [7, 11) is 1.65. The smallest absolute Gasteiger partial charge is 0.149 e. The quantitative estimate of drug-likeness (QED) is 0.545. The third kappa shape index (κ3) is 2.58. The summed E-state index contributed by atoms with van der Waals surface area (Å²) in [4.78, 5) is 10.6. The highest BCUT2D eigenvalue weighted by Crippen LogP contribution is 1.91. The van der Waals surface area contributed by atoms with Gasteiger partial charge in [0.05, 0.1) is 12.1 Å². The van der Waals surface area contributed by atoms with Crippen LogP contribution in [-0.4, -0.2) is 30.1 Å². The molecular formula is C6H13NO2. The van der Waals surface area contributed by atoms with E-state index in [4.69, 9.17) is 5.11 Å². The van der Waals surface area contributed by atoms with Gasteiger partial charge in [-0.3, -0.25) is 4.79 Å². The summed E-state index contributed by atoms with van der Waals surface area (Å²) in [6.45, 7) is 3.04. The van der Waals surface area contributed by atoms with Crippen molar-refractivity contribution in [3.8, 4) is 0 Å². The van der Waals surface area contributed by atoms with Crippen molar-refractivity contribution < 1.29 is 9.90 Å². The third-order valence-electron chi connectivity index (χ3n) is 1.23. The number of Topliss-reactive ketones (excluding diaryl/α,β-unsaturated/α-hetero) is 1. The van der Waals surface area contributed by atoms with Gasteiger partial charge < -0.3 is 10.4 Å². The zero-order valence-corrected chi connectivity index (χ0v) is 6.01. The number of aliphatic hydroxyl groups excluding tert-OH is 1. The molecule has 3 heteroatoms. The molecule has 9 heavy (non-hydrogen) atoms. The molecule has 0 aromatic heterocycles. The van der Waals surface area contributed by atoms with Crippen LogP contribution in [0.15, 0.2) is 0 Å². The largest absolute Gasteiger partial charge is 0.391 e. The average molecular weight is 131 g/mol. The van der Waals surface area contributed by atoms with Gasteiger partial charge in [0.2, 0.25) is 0 Å². The van der Waals surface area contributed by atoms with Crippen molar-refractivity contribution in [1.82, 2.24) is 5.32 Å². The fraction of sp³-hybridized carbons (Fsp3) is 0.833. The molecule has 0 saturated heterocycles. The van der Waals surface area contributed by atoms with Crippen LogP contribution in [0.25, 0.3) is 0 Å². The summed E-state index contributed by atoms with van der Waals surface area (Å²) in [5.41, 5.74) is 0. The maximum atomic E-state index is 10.6. The lowest BCUT2D eigenvalue weighted by molar-refractivity contribution is -0.121. The molecule has 0 aliphatic carbocycles. The second-order valence-electron chi connectivity index (χ2n) is 2.12. The summed E-state index contributed by atoms with van der Waals surface area (Å²) in [5, 5.41) is 11.6. The van der Waals surface area contributed by atoms with E-state index in [1.165, 1.54) is 6.92 Å². The first-order chi connectivity index (χ1) is 4.09. The van der Waals surface area contributed by atoms with Crippen molar-refractivity contribution in [2.24, 2.45) is 0 Å². The van der Waals surface area contributed by atoms with E-state index in [-0.39, 0.29) is 5.78 Å². The molecule has 0 saturated carbocycles. The van der Waals surface area contributed by atoms with E-state index in [9.17, 15) is 4.79 Å². The van der Waals surface area contributed by atoms with E-state index in [0.717, 1.165) is 0 Å². The normalized spacial score (nSPS) is 16.9. The number of ketones is 1. The molecule has 0 bridgehead atoms. The summed E-state index contributed by atoms with van der Waals surface area (Å²) in [6, 6.07) is -0.412. The molecule has 1 unspecified atom stereocenters. The lowest BCUT2D eigenvalue weighted by Gasteiger charge is -2.14. The van der Waals surface area contributed by atoms with Gasteiger partial charge >= 0.3 is 0 Å². The van der Waals surface area contributed by atoms with Gasteiger partial charge in [-0.05, 0) is 20.9 Å². The second kappa shape index (κ2) is 3.58. The number of likely N-dealkylation sites (N-methyl/N-ethyl adjacent to an activating group) is 1. The van der Waals surface area contributed by atoms with Crippen molar-refractivity contribution in [3.05, 3.63) is 0 Å². The first kappa shape index (κ1) is 8.59. The Morgan fingerprint density at radius 1 is 1.67 bits per heavy atom. The molecule has 0 aromatic carbocycles. The number of hydrogen-bond donors (Lipinski definition) is 2. The molecule has 0 radical (unpaired) electrons. The molecule has 0 amide bonds. The van der Waals surface area contributed by atoms with E-state index >= 15 is 0 Å². The maximum absolute atomic E-state index is 10.6. The summed E-state index contributed by atoms with van der Waals surface area (Å²) < 4.78 is 0. The summed E-state index contributed by atoms with van der Waals surface area (Å²) >= 11 is 0. The minimum Gasteiger partial charge on any atom is -0.391 e. The van der Waals surface area contributed by atoms with Crippen LogP contribution in [0.4, 0.5) is 0 Å². The first-order valence-corrected chi connectivity index (χ1v) is 2.95. The number of rotatable bonds is 3. The third-order valence-corrected chi connectivity index (χ3v) is 1.23. The van der Waals surface area contributed by atoms with E-state index in [0.29, 0.717) is 0 Å². The monoisotopic (exact) mass is 131 g/mol. The molecule has 0 aromatic rings. The Bertz CT molecular complexity index is 101. The SMILES string of the molecule is CNC(C(C)=O)[C@H](C)O. The Morgan fingerprint density at radius 3 is 2.11 bits per heavy atom. The molecule has 0 aliphatic heterocycles. The Hall–Kier alpha value is -0.410. The van der Waals surface area contributed by atoms with E-state index < -0.39 is 12.1 Å². The molecule has 0 aliphatic rings. The van der Waals surface area contributed by atoms with Gasteiger partial charge in [0.1, 0.15) is 5.78 Å². The van der Waals surface area contributed by atoms with Gasteiger partial charge in [-0.1, -0.05) is 0 Å². The fourth-order valence-corrected chi connectivity index (χ4v) is 0.784. The van der Waals surface area contributed by atoms with E-state index in [1.807, 2.05) is 0 Å². The highest BCUT2D eigenvalue weighted by atomic mass is 16.3. The lowest BCUT2D eigenvalue weighted by atomic mass is 10.1. The number of aliphatic hydroxyl groups is 1. The van der Waals surface area contributed by atoms with Crippen LogP contribution in [0.5, 0.6) is 0 Å². The van der Waals surface area contributed by atoms with Crippen LogP contribution in [0.2, 0.25) is 0 Å². The van der Waals surface area contributed by atoms with Gasteiger partial charge in [-0.15, -0.1) is 0 Å². The molecule has 2 N–H and O–H groups in total. The molecule has 0 spiro atoms. The van der Waals surface area contributed by atoms with E-state index in [1.54, 1.807) is 14.0 Å². The molecule has 0 fully saturated rings. The van der Waals surface area contributed by atoms with Crippen molar-refractivity contribution in [2.75, 3.05) is 7.05 Å². The number of carbonyl (C=O) groups is 1. The van der Waals surface area contributed by atoms with Crippen LogP contribution in [0, 0.1) is 0 Å². The highest BCUT2D eigenvalue weighted by Gasteiger charge is 2.16. The first-order valence-electron chi connectivity index (χ1n) is 2.95. The second-order valence-corrected chi connectivity index (χ2v) is 2.12. The van der Waals surface area contributed by atoms with Crippen molar-refractivity contribution in [1.29, 1.82) is 0 Å². The average Bonchev–Trinajstić information content (AvgIpc) is 1.64. The fourth-order valence-electron chi connectivity index (χ4n) is 0.784. The molecular weight excluding hydrogens is 118 g/mol. The standard InChI is InChI=1S/C6H13NO2/c1-4(8)6(7-3)5(2)9/h4,6-8H,1-3H3/t4-,6?/m0/s1. The van der Waals surface area contributed by atoms with Crippen LogP contribution in [-0.2, 0) is 4.79 Å². The number of nitrogens with one attached hydrogen (secondary N) is 1. The molecule has 0 rings (SSSR count). The van der Waals surface area contributed by atoms with Gasteiger partial charge in [0.15, 0.2) is 0 Å². The molecule has 0 heterocycles. The van der Waals surface area contributed by atoms with Crippen LogP contribution in [0.1, 0.15) is 13.8 Å². The zero-order valence-electron chi connectivity index (χ0n) is 6.01. The maximum Gasteiger partial charge on any atom is 0.149 e. The van der Waals surface area contributed by atoms with Crippen LogP contribution >= 0.6 is 0 Å². The zero-order chi connectivity index (χ0) is 7.44. The number of hydrogen-bond acceptors (Lipinski definition) is 3. The van der Waals surface area contributed by atoms with Crippen molar-refractivity contribution in [2.45, 2.75) is 26.0 Å². The Morgan fingerprint density at radius 2 is 2.11 bits per heavy atom. The van der Waals surface area contributed by atoms with Crippen LogP contribution in [0.3, 0.4) is 0 Å². The Balaban J connectivity index is 3.83. The van der Waals surface area contributed by atoms with Gasteiger partial charge in [0.25, 0.3) is 0 Å². The minimum atomic E-state index is -0.604.